The van der Waals surface area contributed by atoms with Crippen LogP contribution < -0.4 is 0 Å². The van der Waals surface area contributed by atoms with Crippen LogP contribution in [0.4, 0.5) is 0 Å². The van der Waals surface area contributed by atoms with Crippen molar-refractivity contribution in [2.24, 2.45) is 11.3 Å². The Kier molecular flexibility index (Phi) is 3.47. The summed E-state index contributed by atoms with van der Waals surface area (Å²) in [5, 5.41) is 0. The molecule has 3 aliphatic rings. The molecule has 2 heteroatoms. The molecule has 2 atom stereocenters. The first-order chi connectivity index (χ1) is 10.2. The van der Waals surface area contributed by atoms with Gasteiger partial charge in [-0.3, -0.25) is 4.79 Å². The lowest BCUT2D eigenvalue weighted by atomic mass is 9.84. The molecule has 0 aromatic rings. The molecule has 0 unspecified atom stereocenters. The molecule has 0 N–H and O–H groups in total. The van der Waals surface area contributed by atoms with Crippen molar-refractivity contribution in [3.8, 4) is 0 Å². The molecule has 2 heterocycles. The van der Waals surface area contributed by atoms with E-state index in [4.69, 9.17) is 4.74 Å². The Morgan fingerprint density at radius 1 is 1.27 bits per heavy atom. The van der Waals surface area contributed by atoms with Gasteiger partial charge in [0, 0.05) is 18.4 Å². The first-order valence-electron chi connectivity index (χ1n) is 8.24. The molecular weight excluding hydrogens is 272 g/mol. The van der Waals surface area contributed by atoms with Gasteiger partial charge in [-0.15, -0.1) is 0 Å². The van der Waals surface area contributed by atoms with Crippen molar-refractivity contribution in [3.05, 3.63) is 46.8 Å². The van der Waals surface area contributed by atoms with E-state index < -0.39 is 5.60 Å². The van der Waals surface area contributed by atoms with Crippen LogP contribution in [0.3, 0.4) is 0 Å². The number of rotatable bonds is 0. The minimum absolute atomic E-state index is 0.00111. The SMILES string of the molecule is CC1=C2CC(C)(C)/C=C/C/C(C)=C\C3=C[C@H](C)C[C@]3(O2)C1=O. The van der Waals surface area contributed by atoms with Crippen LogP contribution in [0.5, 0.6) is 0 Å². The monoisotopic (exact) mass is 298 g/mol. The van der Waals surface area contributed by atoms with Gasteiger partial charge in [-0.1, -0.05) is 50.6 Å². The van der Waals surface area contributed by atoms with E-state index in [1.807, 2.05) is 6.92 Å². The van der Waals surface area contributed by atoms with Gasteiger partial charge in [0.2, 0.25) is 5.78 Å². The Bertz CT molecular complexity index is 643. The highest BCUT2D eigenvalue weighted by atomic mass is 16.5. The molecule has 1 spiro atoms. The van der Waals surface area contributed by atoms with Crippen molar-refractivity contribution in [1.82, 2.24) is 0 Å². The number of carbonyl (C=O) groups excluding carboxylic acids is 1. The minimum Gasteiger partial charge on any atom is -0.478 e. The van der Waals surface area contributed by atoms with Crippen LogP contribution in [-0.2, 0) is 9.53 Å². The van der Waals surface area contributed by atoms with Gasteiger partial charge in [-0.2, -0.15) is 0 Å². The van der Waals surface area contributed by atoms with Gasteiger partial charge < -0.3 is 4.74 Å². The first-order valence-corrected chi connectivity index (χ1v) is 8.24. The Hall–Kier alpha value is -1.57. The fourth-order valence-corrected chi connectivity index (χ4v) is 3.85. The van der Waals surface area contributed by atoms with E-state index in [0.29, 0.717) is 5.92 Å². The lowest BCUT2D eigenvalue weighted by Gasteiger charge is -2.28. The highest BCUT2D eigenvalue weighted by molar-refractivity contribution is 6.07. The van der Waals surface area contributed by atoms with Gasteiger partial charge in [0.15, 0.2) is 5.60 Å². The largest absolute Gasteiger partial charge is 0.478 e. The Labute approximate surface area is 133 Å². The van der Waals surface area contributed by atoms with Crippen molar-refractivity contribution in [3.63, 3.8) is 0 Å². The number of Topliss-reactive ketones (excluding diaryl/α,β-unsaturated/α-hetero) is 1. The summed E-state index contributed by atoms with van der Waals surface area (Å²) in [5.74, 6) is 1.43. The molecule has 0 radical (unpaired) electrons. The molecule has 0 saturated carbocycles. The van der Waals surface area contributed by atoms with E-state index in [0.717, 1.165) is 36.2 Å². The number of carbonyl (C=O) groups is 1. The number of allylic oxidation sites excluding steroid dienone is 5. The number of hydrogen-bond acceptors (Lipinski definition) is 2. The average Bonchev–Trinajstić information content (AvgIpc) is 2.81. The molecule has 0 amide bonds. The van der Waals surface area contributed by atoms with Gasteiger partial charge in [0.05, 0.1) is 0 Å². The lowest BCUT2D eigenvalue weighted by Crippen LogP contribution is -2.37. The van der Waals surface area contributed by atoms with Crippen LogP contribution in [-0.4, -0.2) is 11.4 Å². The molecule has 0 saturated heterocycles. The van der Waals surface area contributed by atoms with Crippen LogP contribution in [0.2, 0.25) is 0 Å². The summed E-state index contributed by atoms with van der Waals surface area (Å²) in [6.07, 6.45) is 11.3. The highest BCUT2D eigenvalue weighted by Crippen LogP contribution is 2.49. The Morgan fingerprint density at radius 2 is 2.00 bits per heavy atom. The fourth-order valence-electron chi connectivity index (χ4n) is 3.85. The van der Waals surface area contributed by atoms with E-state index in [1.54, 1.807) is 0 Å². The second-order valence-corrected chi connectivity index (χ2v) is 7.87. The topological polar surface area (TPSA) is 26.3 Å². The summed E-state index contributed by atoms with van der Waals surface area (Å²) in [4.78, 5) is 13.0. The maximum absolute atomic E-state index is 13.0. The molecular formula is C20H26O2. The third kappa shape index (κ3) is 2.39. The van der Waals surface area contributed by atoms with Gasteiger partial charge in [0.1, 0.15) is 5.76 Å². The smallest absolute Gasteiger partial charge is 0.210 e. The Morgan fingerprint density at radius 3 is 2.73 bits per heavy atom. The maximum Gasteiger partial charge on any atom is 0.210 e. The number of ether oxygens (including phenoxy) is 1. The van der Waals surface area contributed by atoms with E-state index in [-0.39, 0.29) is 11.2 Å². The molecule has 3 rings (SSSR count). The summed E-state index contributed by atoms with van der Waals surface area (Å²) in [7, 11) is 0. The zero-order valence-electron chi connectivity index (χ0n) is 14.3. The zero-order valence-corrected chi connectivity index (χ0v) is 14.3. The summed E-state index contributed by atoms with van der Waals surface area (Å²) < 4.78 is 6.37. The molecule has 1 aliphatic carbocycles. The van der Waals surface area contributed by atoms with Crippen molar-refractivity contribution in [2.75, 3.05) is 0 Å². The molecule has 0 aromatic carbocycles. The summed E-state index contributed by atoms with van der Waals surface area (Å²) >= 11 is 0. The highest BCUT2D eigenvalue weighted by Gasteiger charge is 2.53. The molecule has 2 bridgehead atoms. The maximum atomic E-state index is 13.0. The third-order valence-electron chi connectivity index (χ3n) is 4.99. The van der Waals surface area contributed by atoms with E-state index >= 15 is 0 Å². The molecule has 118 valence electrons. The summed E-state index contributed by atoms with van der Waals surface area (Å²) in [6, 6.07) is 0. The van der Waals surface area contributed by atoms with Crippen LogP contribution in [0.25, 0.3) is 0 Å². The standard InChI is InChI=1S/C20H26O2/c1-13-7-6-8-19(4,5)12-17-15(3)18(21)20(22-17)11-14(2)10-16(20)9-13/h6,8-10,14H,7,11-12H2,1-5H3/b8-6+,13-9-/t14-,20+/m0/s1. The minimum atomic E-state index is -0.749. The summed E-state index contributed by atoms with van der Waals surface area (Å²) in [5.41, 5.74) is 2.40. The molecule has 22 heavy (non-hydrogen) atoms. The van der Waals surface area contributed by atoms with Crippen molar-refractivity contribution in [2.45, 2.75) is 59.5 Å². The van der Waals surface area contributed by atoms with Gasteiger partial charge in [0.25, 0.3) is 0 Å². The van der Waals surface area contributed by atoms with Crippen molar-refractivity contribution < 1.29 is 9.53 Å². The molecule has 0 aromatic heterocycles. The van der Waals surface area contributed by atoms with Gasteiger partial charge >= 0.3 is 0 Å². The summed E-state index contributed by atoms with van der Waals surface area (Å²) in [6.45, 7) is 10.6. The number of ketones is 1. The van der Waals surface area contributed by atoms with Crippen molar-refractivity contribution >= 4 is 5.78 Å². The van der Waals surface area contributed by atoms with Crippen LogP contribution >= 0.6 is 0 Å². The quantitative estimate of drug-likeness (QED) is 0.595. The number of hydrogen-bond donors (Lipinski definition) is 0. The van der Waals surface area contributed by atoms with E-state index in [1.165, 1.54) is 5.57 Å². The molecule has 2 nitrogen and oxygen atoms in total. The van der Waals surface area contributed by atoms with E-state index in [9.17, 15) is 4.79 Å². The lowest BCUT2D eigenvalue weighted by molar-refractivity contribution is -0.127. The molecule has 2 aliphatic heterocycles. The van der Waals surface area contributed by atoms with Crippen LogP contribution in [0.15, 0.2) is 46.8 Å². The van der Waals surface area contributed by atoms with Crippen LogP contribution in [0, 0.1) is 11.3 Å². The second-order valence-electron chi connectivity index (χ2n) is 7.87. The Balaban J connectivity index is 2.12. The fraction of sp³-hybridized carbons (Fsp3) is 0.550. The predicted octanol–water partition coefficient (Wildman–Crippen LogP) is 4.89. The molecule has 0 fully saturated rings. The third-order valence-corrected chi connectivity index (χ3v) is 4.99. The van der Waals surface area contributed by atoms with E-state index in [2.05, 4.69) is 52.0 Å². The first kappa shape index (κ1) is 15.3. The second kappa shape index (κ2) is 4.97. The van der Waals surface area contributed by atoms with Crippen molar-refractivity contribution in [1.29, 1.82) is 0 Å². The van der Waals surface area contributed by atoms with Gasteiger partial charge in [-0.05, 0) is 37.2 Å². The predicted molar refractivity (Wildman–Crippen MR) is 89.3 cm³/mol. The zero-order chi connectivity index (χ0) is 16.1. The number of fused-ring (bicyclic) bond motifs is 1. The average molecular weight is 298 g/mol. The normalized spacial score (nSPS) is 37.7. The van der Waals surface area contributed by atoms with Gasteiger partial charge in [-0.25, -0.2) is 0 Å². The van der Waals surface area contributed by atoms with Crippen LogP contribution in [0.1, 0.15) is 53.9 Å².